The Bertz CT molecular complexity index is 987. The largest absolute Gasteiger partial charge is 0.378 e. The van der Waals surface area contributed by atoms with Crippen molar-refractivity contribution in [2.75, 3.05) is 38.2 Å². The van der Waals surface area contributed by atoms with E-state index in [0.717, 1.165) is 10.4 Å². The Hall–Kier alpha value is -2.91. The number of morpholine rings is 1. The third-order valence-electron chi connectivity index (χ3n) is 5.85. The minimum absolute atomic E-state index is 0.185. The van der Waals surface area contributed by atoms with Gasteiger partial charge >= 0.3 is 6.03 Å². The van der Waals surface area contributed by atoms with Gasteiger partial charge in [0, 0.05) is 24.5 Å². The van der Waals surface area contributed by atoms with Crippen LogP contribution in [0.5, 0.6) is 0 Å². The summed E-state index contributed by atoms with van der Waals surface area (Å²) in [4.78, 5) is 43.3. The number of urea groups is 1. The second-order valence-corrected chi connectivity index (χ2v) is 8.56. The summed E-state index contributed by atoms with van der Waals surface area (Å²) in [5.41, 5.74) is 1.94. The first kappa shape index (κ1) is 19.1. The van der Waals surface area contributed by atoms with Gasteiger partial charge in [0.25, 0.3) is 5.91 Å². The smallest absolute Gasteiger partial charge is 0.317 e. The number of benzene rings is 1. The van der Waals surface area contributed by atoms with Crippen molar-refractivity contribution in [3.05, 3.63) is 41.3 Å². The number of fused-ring (bicyclic) bond motifs is 2. The van der Waals surface area contributed by atoms with Gasteiger partial charge in [-0.05, 0) is 35.6 Å². The summed E-state index contributed by atoms with van der Waals surface area (Å²) >= 11 is 1.60. The lowest BCUT2D eigenvalue weighted by molar-refractivity contribution is -0.120. The van der Waals surface area contributed by atoms with E-state index in [9.17, 15) is 14.4 Å². The van der Waals surface area contributed by atoms with E-state index in [1.165, 1.54) is 0 Å². The number of rotatable bonds is 2. The third kappa shape index (κ3) is 3.33. The number of carbonyl (C=O) groups is 3. The fourth-order valence-electron chi connectivity index (χ4n) is 4.30. The molecular weight excluding hydrogens is 404 g/mol. The third-order valence-corrected chi connectivity index (χ3v) is 6.77. The summed E-state index contributed by atoms with van der Waals surface area (Å²) in [5.74, 6) is -0.453. The van der Waals surface area contributed by atoms with Crippen LogP contribution in [0.1, 0.15) is 16.8 Å². The van der Waals surface area contributed by atoms with Gasteiger partial charge in [-0.1, -0.05) is 12.1 Å². The highest BCUT2D eigenvalue weighted by Crippen LogP contribution is 2.33. The van der Waals surface area contributed by atoms with Crippen molar-refractivity contribution >= 4 is 34.9 Å². The van der Waals surface area contributed by atoms with Crippen LogP contribution in [0.25, 0.3) is 10.4 Å². The molecule has 5 rings (SSSR count). The monoisotopic (exact) mass is 426 g/mol. The average molecular weight is 426 g/mol. The van der Waals surface area contributed by atoms with Crippen LogP contribution >= 0.6 is 11.3 Å². The number of nitrogens with one attached hydrogen (secondary N) is 2. The molecule has 2 saturated heterocycles. The molecule has 1 aromatic carbocycles. The molecule has 0 bridgehead atoms. The number of amides is 4. The number of nitrogens with zero attached hydrogens (tertiary/aromatic N) is 2. The van der Waals surface area contributed by atoms with E-state index < -0.39 is 12.1 Å². The SMILES string of the molecule is O=C1Nc2ccc(-c3cccs3)cc2C(=O)N2CCC(NC(=O)N3CCOCC3)C12. The summed E-state index contributed by atoms with van der Waals surface area (Å²) in [5, 5.41) is 7.85. The molecule has 4 amide bonds. The molecule has 0 saturated carbocycles. The first-order valence-electron chi connectivity index (χ1n) is 10.0. The molecule has 9 heteroatoms. The molecule has 0 aliphatic carbocycles. The maximum absolute atomic E-state index is 13.3. The highest BCUT2D eigenvalue weighted by molar-refractivity contribution is 7.13. The second kappa shape index (κ2) is 7.73. The normalized spacial score (nSPS) is 23.5. The molecule has 4 heterocycles. The van der Waals surface area contributed by atoms with Crippen LogP contribution in [0.4, 0.5) is 10.5 Å². The fraction of sp³-hybridized carbons (Fsp3) is 0.381. The molecule has 2 N–H and O–H groups in total. The van der Waals surface area contributed by atoms with Crippen LogP contribution in [0.2, 0.25) is 0 Å². The predicted octanol–water partition coefficient (Wildman–Crippen LogP) is 1.99. The Kier molecular flexibility index (Phi) is 4.92. The van der Waals surface area contributed by atoms with Gasteiger partial charge in [0.1, 0.15) is 6.04 Å². The zero-order valence-corrected chi connectivity index (χ0v) is 17.1. The van der Waals surface area contributed by atoms with Crippen molar-refractivity contribution in [1.29, 1.82) is 0 Å². The molecule has 2 unspecified atom stereocenters. The molecule has 8 nitrogen and oxygen atoms in total. The summed E-state index contributed by atoms with van der Waals surface area (Å²) < 4.78 is 5.29. The van der Waals surface area contributed by atoms with Gasteiger partial charge in [-0.3, -0.25) is 9.59 Å². The minimum Gasteiger partial charge on any atom is -0.378 e. The van der Waals surface area contributed by atoms with Gasteiger partial charge in [-0.25, -0.2) is 4.79 Å². The second-order valence-electron chi connectivity index (χ2n) is 7.61. The quantitative estimate of drug-likeness (QED) is 0.769. The number of thiophene rings is 1. The highest BCUT2D eigenvalue weighted by Gasteiger charge is 2.45. The first-order chi connectivity index (χ1) is 14.6. The molecule has 3 aliphatic rings. The van der Waals surface area contributed by atoms with Gasteiger partial charge < -0.3 is 25.2 Å². The van der Waals surface area contributed by atoms with Crippen molar-refractivity contribution in [3.63, 3.8) is 0 Å². The molecule has 0 radical (unpaired) electrons. The average Bonchev–Trinajstić information content (AvgIpc) is 3.42. The van der Waals surface area contributed by atoms with Gasteiger partial charge in [-0.2, -0.15) is 0 Å². The molecule has 2 fully saturated rings. The lowest BCUT2D eigenvalue weighted by atomic mass is 10.1. The van der Waals surface area contributed by atoms with E-state index in [-0.39, 0.29) is 17.8 Å². The van der Waals surface area contributed by atoms with Crippen LogP contribution in [-0.4, -0.2) is 72.6 Å². The van der Waals surface area contributed by atoms with E-state index in [0.29, 0.717) is 50.5 Å². The summed E-state index contributed by atoms with van der Waals surface area (Å²) in [6.07, 6.45) is 0.542. The number of hydrogen-bond donors (Lipinski definition) is 2. The Labute approximate surface area is 177 Å². The van der Waals surface area contributed by atoms with E-state index in [1.807, 2.05) is 29.6 Å². The van der Waals surface area contributed by atoms with E-state index in [2.05, 4.69) is 10.6 Å². The van der Waals surface area contributed by atoms with E-state index >= 15 is 0 Å². The molecule has 3 aliphatic heterocycles. The highest BCUT2D eigenvalue weighted by atomic mass is 32.1. The Balaban J connectivity index is 1.39. The Morgan fingerprint density at radius 2 is 2.00 bits per heavy atom. The van der Waals surface area contributed by atoms with Crippen molar-refractivity contribution < 1.29 is 19.1 Å². The molecule has 2 atom stereocenters. The summed E-state index contributed by atoms with van der Waals surface area (Å²) in [6, 6.07) is 8.14. The van der Waals surface area contributed by atoms with Crippen LogP contribution < -0.4 is 10.6 Å². The van der Waals surface area contributed by atoms with E-state index in [1.54, 1.807) is 27.2 Å². The van der Waals surface area contributed by atoms with Crippen molar-refractivity contribution in [2.45, 2.75) is 18.5 Å². The summed E-state index contributed by atoms with van der Waals surface area (Å²) in [6.45, 7) is 2.49. The van der Waals surface area contributed by atoms with Crippen molar-refractivity contribution in [1.82, 2.24) is 15.1 Å². The zero-order valence-electron chi connectivity index (χ0n) is 16.3. The number of hydrogen-bond acceptors (Lipinski definition) is 5. The van der Waals surface area contributed by atoms with Crippen LogP contribution in [0.3, 0.4) is 0 Å². The fourth-order valence-corrected chi connectivity index (χ4v) is 5.02. The van der Waals surface area contributed by atoms with Crippen LogP contribution in [0.15, 0.2) is 35.7 Å². The molecule has 156 valence electrons. The van der Waals surface area contributed by atoms with E-state index in [4.69, 9.17) is 4.74 Å². The summed E-state index contributed by atoms with van der Waals surface area (Å²) in [7, 11) is 0. The first-order valence-corrected chi connectivity index (χ1v) is 10.9. The standard InChI is InChI=1S/C21H22N4O4S/c26-19-18-16(23-21(28)24-7-9-29-10-8-24)5-6-25(18)20(27)14-12-13(3-4-15(14)22-19)17-2-1-11-30-17/h1-4,11-12,16,18H,5-10H2,(H,22,26)(H,23,28). The zero-order chi connectivity index (χ0) is 20.7. The van der Waals surface area contributed by atoms with Gasteiger partial charge in [-0.15, -0.1) is 11.3 Å². The molecule has 2 aromatic rings. The molecular formula is C21H22N4O4S. The minimum atomic E-state index is -0.722. The number of anilines is 1. The lowest BCUT2D eigenvalue weighted by Crippen LogP contribution is -2.55. The molecule has 30 heavy (non-hydrogen) atoms. The van der Waals surface area contributed by atoms with Gasteiger partial charge in [0.2, 0.25) is 5.91 Å². The maximum Gasteiger partial charge on any atom is 0.317 e. The topological polar surface area (TPSA) is 91.0 Å². The predicted molar refractivity (Wildman–Crippen MR) is 113 cm³/mol. The number of carbonyl (C=O) groups excluding carboxylic acids is 3. The van der Waals surface area contributed by atoms with Crippen LogP contribution in [0, 0.1) is 0 Å². The van der Waals surface area contributed by atoms with Crippen LogP contribution in [-0.2, 0) is 9.53 Å². The maximum atomic E-state index is 13.3. The van der Waals surface area contributed by atoms with Crippen molar-refractivity contribution in [3.8, 4) is 10.4 Å². The molecule has 1 aromatic heterocycles. The Morgan fingerprint density at radius 3 is 2.77 bits per heavy atom. The molecule has 0 spiro atoms. The van der Waals surface area contributed by atoms with Gasteiger partial charge in [0.05, 0.1) is 30.5 Å². The van der Waals surface area contributed by atoms with Gasteiger partial charge in [0.15, 0.2) is 0 Å². The number of ether oxygens (including phenoxy) is 1. The lowest BCUT2D eigenvalue weighted by Gasteiger charge is -2.30. The Morgan fingerprint density at radius 1 is 1.17 bits per heavy atom. The van der Waals surface area contributed by atoms with Crippen molar-refractivity contribution in [2.24, 2.45) is 0 Å².